The molecule has 3 aliphatic heterocycles. The van der Waals surface area contributed by atoms with Crippen molar-refractivity contribution in [1.82, 2.24) is 19.8 Å². The van der Waals surface area contributed by atoms with E-state index in [0.29, 0.717) is 57.9 Å². The molecule has 0 spiro atoms. The number of carbonyl (C=O) groups excluding carboxylic acids is 2. The number of aromatic nitrogens is 2. The van der Waals surface area contributed by atoms with Gasteiger partial charge in [-0.25, -0.2) is 4.98 Å². The molecule has 4 rings (SSSR count). The van der Waals surface area contributed by atoms with Gasteiger partial charge in [-0.05, 0) is 31.7 Å². The Morgan fingerprint density at radius 3 is 2.61 bits per heavy atom. The average Bonchev–Trinajstić information content (AvgIpc) is 3.35. The van der Waals surface area contributed by atoms with Crippen LogP contribution in [0.2, 0.25) is 0 Å². The number of imidazole rings is 1. The number of hydrogen-bond donors (Lipinski definition) is 2. The van der Waals surface area contributed by atoms with E-state index in [2.05, 4.69) is 14.9 Å². The van der Waals surface area contributed by atoms with Crippen LogP contribution in [0.4, 0.5) is 13.2 Å². The highest BCUT2D eigenvalue weighted by molar-refractivity contribution is 5.79. The van der Waals surface area contributed by atoms with Crippen LogP contribution in [0, 0.1) is 17.8 Å². The van der Waals surface area contributed by atoms with Crippen LogP contribution in [-0.2, 0) is 27.0 Å². The Hall–Kier alpha value is -2.14. The second kappa shape index (κ2) is 8.78. The van der Waals surface area contributed by atoms with Gasteiger partial charge in [0.15, 0.2) is 0 Å². The molecule has 0 unspecified atom stereocenters. The second-order valence-corrected chi connectivity index (χ2v) is 8.82. The molecular weight excluding hydrogens is 415 g/mol. The Bertz CT molecular complexity index is 806. The fourth-order valence-corrected chi connectivity index (χ4v) is 5.03. The largest absolute Gasteiger partial charge is 0.432 e. The summed E-state index contributed by atoms with van der Waals surface area (Å²) in [5.41, 5.74) is 4.52. The van der Waals surface area contributed by atoms with Gasteiger partial charge in [0.1, 0.15) is 11.5 Å². The summed E-state index contributed by atoms with van der Waals surface area (Å²) in [6.07, 6.45) is -1.35. The third-order valence-electron chi connectivity index (χ3n) is 6.81. The lowest BCUT2D eigenvalue weighted by Crippen LogP contribution is -2.44. The van der Waals surface area contributed by atoms with E-state index in [1.807, 2.05) is 0 Å². The van der Waals surface area contributed by atoms with Gasteiger partial charge in [0.25, 0.3) is 0 Å². The smallest absolute Gasteiger partial charge is 0.377 e. The maximum absolute atomic E-state index is 12.7. The molecule has 3 atom stereocenters. The lowest BCUT2D eigenvalue weighted by Gasteiger charge is -2.36. The molecule has 1 aromatic heterocycles. The predicted molar refractivity (Wildman–Crippen MR) is 103 cm³/mol. The van der Waals surface area contributed by atoms with Crippen LogP contribution < -0.4 is 5.73 Å². The fourth-order valence-electron chi connectivity index (χ4n) is 5.03. The van der Waals surface area contributed by atoms with Gasteiger partial charge < -0.3 is 20.4 Å². The zero-order valence-corrected chi connectivity index (χ0v) is 17.2. The van der Waals surface area contributed by atoms with Crippen molar-refractivity contribution in [3.05, 3.63) is 17.7 Å². The summed E-state index contributed by atoms with van der Waals surface area (Å²) in [5, 5.41) is 0. The number of piperidine rings is 2. The van der Waals surface area contributed by atoms with E-state index in [1.54, 1.807) is 4.90 Å². The number of nitrogens with one attached hydrogen (secondary N) is 1. The standard InChI is InChI=1S/C20H28F3N5O3/c21-20(22,23)16-8-25-17(26-16)10-27-4-3-14-13(9-27)11-31-15(14)7-18(29)28-5-1-12(2-6-28)19(24)30/h8,12-15H,1-7,9-11H2,(H2,24,30)(H,25,26)/t13-,14-,15+/m1/s1. The monoisotopic (exact) mass is 443 g/mol. The number of nitrogens with zero attached hydrogens (tertiary/aromatic N) is 3. The molecule has 3 fully saturated rings. The van der Waals surface area contributed by atoms with Gasteiger partial charge in [-0.1, -0.05) is 0 Å². The van der Waals surface area contributed by atoms with Gasteiger partial charge in [-0.3, -0.25) is 14.5 Å². The van der Waals surface area contributed by atoms with Gasteiger partial charge in [0.05, 0.1) is 31.9 Å². The van der Waals surface area contributed by atoms with Crippen molar-refractivity contribution >= 4 is 11.8 Å². The summed E-state index contributed by atoms with van der Waals surface area (Å²) in [7, 11) is 0. The number of carbonyl (C=O) groups is 2. The van der Waals surface area contributed by atoms with Crippen molar-refractivity contribution in [2.75, 3.05) is 32.8 Å². The number of amides is 2. The molecule has 0 aliphatic carbocycles. The minimum atomic E-state index is -4.42. The molecule has 4 heterocycles. The van der Waals surface area contributed by atoms with Crippen LogP contribution in [0.5, 0.6) is 0 Å². The van der Waals surface area contributed by atoms with Crippen molar-refractivity contribution < 1.29 is 27.5 Å². The average molecular weight is 443 g/mol. The van der Waals surface area contributed by atoms with E-state index < -0.39 is 11.9 Å². The Kier molecular flexibility index (Phi) is 6.25. The molecule has 0 aromatic carbocycles. The first-order valence-corrected chi connectivity index (χ1v) is 10.7. The van der Waals surface area contributed by atoms with E-state index in [0.717, 1.165) is 19.2 Å². The van der Waals surface area contributed by atoms with Gasteiger partial charge in [-0.2, -0.15) is 13.2 Å². The Morgan fingerprint density at radius 1 is 1.23 bits per heavy atom. The molecule has 3 N–H and O–H groups in total. The highest BCUT2D eigenvalue weighted by atomic mass is 19.4. The number of alkyl halides is 3. The van der Waals surface area contributed by atoms with E-state index in [9.17, 15) is 22.8 Å². The number of halogens is 3. The van der Waals surface area contributed by atoms with E-state index in [4.69, 9.17) is 10.5 Å². The summed E-state index contributed by atoms with van der Waals surface area (Å²) in [4.78, 5) is 34.1. The Morgan fingerprint density at radius 2 is 1.97 bits per heavy atom. The summed E-state index contributed by atoms with van der Waals surface area (Å²) in [6, 6.07) is 0. The number of nitrogens with two attached hydrogens (primary N) is 1. The first kappa shape index (κ1) is 22.1. The molecular formula is C20H28F3N5O3. The summed E-state index contributed by atoms with van der Waals surface area (Å²) >= 11 is 0. The van der Waals surface area contributed by atoms with E-state index in [-0.39, 0.29) is 35.7 Å². The lowest BCUT2D eigenvalue weighted by molar-refractivity contribution is -0.141. The SMILES string of the molecule is NC(=O)C1CCN(C(=O)C[C@@H]2OC[C@H]3CN(Cc4ncc(C(F)(F)F)[nH]4)CC[C@H]32)CC1. The quantitative estimate of drug-likeness (QED) is 0.716. The topological polar surface area (TPSA) is 105 Å². The molecule has 0 bridgehead atoms. The molecule has 8 nitrogen and oxygen atoms in total. The van der Waals surface area contributed by atoms with Gasteiger partial charge in [0, 0.05) is 31.5 Å². The molecule has 31 heavy (non-hydrogen) atoms. The highest BCUT2D eigenvalue weighted by Gasteiger charge is 2.42. The van der Waals surface area contributed by atoms with E-state index in [1.165, 1.54) is 0 Å². The minimum Gasteiger partial charge on any atom is -0.377 e. The zero-order chi connectivity index (χ0) is 22.2. The summed E-state index contributed by atoms with van der Waals surface area (Å²) in [5.74, 6) is 0.420. The molecule has 172 valence electrons. The lowest BCUT2D eigenvalue weighted by atomic mass is 9.83. The van der Waals surface area contributed by atoms with Gasteiger partial charge in [-0.15, -0.1) is 0 Å². The number of rotatable bonds is 5. The molecule has 1 aromatic rings. The first-order chi connectivity index (χ1) is 14.7. The van der Waals surface area contributed by atoms with Crippen LogP contribution in [0.25, 0.3) is 0 Å². The molecule has 0 radical (unpaired) electrons. The number of aromatic amines is 1. The van der Waals surface area contributed by atoms with Crippen molar-refractivity contribution in [3.63, 3.8) is 0 Å². The molecule has 3 saturated heterocycles. The van der Waals surface area contributed by atoms with Crippen molar-refractivity contribution in [3.8, 4) is 0 Å². The fraction of sp³-hybridized carbons (Fsp3) is 0.750. The molecule has 3 aliphatic rings. The maximum Gasteiger partial charge on any atom is 0.432 e. The van der Waals surface area contributed by atoms with Crippen LogP contribution in [-0.4, -0.2) is 70.5 Å². The third kappa shape index (κ3) is 5.03. The Balaban J connectivity index is 1.26. The number of fused-ring (bicyclic) bond motifs is 1. The predicted octanol–water partition coefficient (Wildman–Crippen LogP) is 1.38. The molecule has 11 heteroatoms. The van der Waals surface area contributed by atoms with Crippen LogP contribution in [0.1, 0.15) is 37.2 Å². The van der Waals surface area contributed by atoms with Crippen LogP contribution >= 0.6 is 0 Å². The first-order valence-electron chi connectivity index (χ1n) is 10.7. The van der Waals surface area contributed by atoms with Crippen molar-refractivity contribution in [1.29, 1.82) is 0 Å². The second-order valence-electron chi connectivity index (χ2n) is 8.82. The summed E-state index contributed by atoms with van der Waals surface area (Å²) < 4.78 is 44.2. The van der Waals surface area contributed by atoms with Crippen molar-refractivity contribution in [2.24, 2.45) is 23.5 Å². The molecule has 2 amide bonds. The number of hydrogen-bond acceptors (Lipinski definition) is 5. The minimum absolute atomic E-state index is 0.0475. The Labute approximate surface area is 178 Å². The number of primary amides is 1. The third-order valence-corrected chi connectivity index (χ3v) is 6.81. The number of ether oxygens (including phenoxy) is 1. The highest BCUT2D eigenvalue weighted by Crippen LogP contribution is 2.37. The van der Waals surface area contributed by atoms with Crippen LogP contribution in [0.15, 0.2) is 6.20 Å². The number of likely N-dealkylation sites (tertiary alicyclic amines) is 2. The van der Waals surface area contributed by atoms with Gasteiger partial charge >= 0.3 is 6.18 Å². The molecule has 0 saturated carbocycles. The number of H-pyrrole nitrogens is 1. The maximum atomic E-state index is 12.7. The van der Waals surface area contributed by atoms with Gasteiger partial charge in [0.2, 0.25) is 11.8 Å². The summed E-state index contributed by atoms with van der Waals surface area (Å²) in [6.45, 7) is 3.41. The zero-order valence-electron chi connectivity index (χ0n) is 17.2. The van der Waals surface area contributed by atoms with Crippen molar-refractivity contribution in [2.45, 2.75) is 44.5 Å². The van der Waals surface area contributed by atoms with E-state index >= 15 is 0 Å². The normalized spacial score (nSPS) is 28.0. The van der Waals surface area contributed by atoms with Crippen LogP contribution in [0.3, 0.4) is 0 Å².